The molecule has 52 heavy (non-hydrogen) atoms. The molecule has 8 bridgehead atoms. The van der Waals surface area contributed by atoms with Crippen LogP contribution in [-0.4, -0.2) is 64.2 Å². The van der Waals surface area contributed by atoms with E-state index >= 15 is 0 Å². The zero-order valence-corrected chi connectivity index (χ0v) is 30.7. The molecule has 1 aliphatic heterocycles. The number of carboxylic acids is 4. The van der Waals surface area contributed by atoms with Crippen LogP contribution in [0.5, 0.6) is 0 Å². The van der Waals surface area contributed by atoms with Gasteiger partial charge in [-0.25, -0.2) is 0 Å². The number of rotatable bonds is 16. The number of H-pyrrole nitrogens is 4. The first kappa shape index (κ1) is 38.2. The van der Waals surface area contributed by atoms with Crippen LogP contribution in [0.4, 0.5) is 0 Å². The lowest BCUT2D eigenvalue weighted by Gasteiger charge is -2.07. The van der Waals surface area contributed by atoms with Crippen molar-refractivity contribution >= 4 is 23.9 Å². The summed E-state index contributed by atoms with van der Waals surface area (Å²) in [6.45, 7) is 8.32. The molecule has 0 aliphatic carbocycles. The van der Waals surface area contributed by atoms with Gasteiger partial charge >= 0.3 is 23.9 Å². The summed E-state index contributed by atoms with van der Waals surface area (Å²) < 4.78 is 0. The third-order valence-electron chi connectivity index (χ3n) is 11.0. The van der Waals surface area contributed by atoms with Crippen LogP contribution < -0.4 is 0 Å². The van der Waals surface area contributed by atoms with E-state index in [1.54, 1.807) is 0 Å². The molecule has 0 spiro atoms. The van der Waals surface area contributed by atoms with Crippen LogP contribution in [0, 0.1) is 27.7 Å². The van der Waals surface area contributed by atoms with Gasteiger partial charge in [0.1, 0.15) is 0 Å². The largest absolute Gasteiger partial charge is 0.481 e. The smallest absolute Gasteiger partial charge is 0.303 e. The molecule has 4 aromatic rings. The molecular weight excluding hydrogens is 664 g/mol. The van der Waals surface area contributed by atoms with Crippen LogP contribution in [-0.2, 0) is 70.5 Å². The number of nitrogens with one attached hydrogen (secondary N) is 4. The Labute approximate surface area is 303 Å². The minimum absolute atomic E-state index is 0.0707. The standard InChI is InChI=1S/C40H52N4O8/c1-21-25(9-5-13-37(45)46)33-18-30-23(3)27(11-7-15-39(49)50)35(43-30)20-32-24(4)28(12-8-16-40(51)52)36(44-32)19-31-22(2)26(10-6-14-38(47)48)34(42-31)17-29(21)41-33/h41-44H,5-20H2,1-4H3,(H,45,46)(H,47,48)(H,49,50)(H,51,52). The molecule has 280 valence electrons. The molecule has 0 amide bonds. The molecule has 12 nitrogen and oxygen atoms in total. The van der Waals surface area contributed by atoms with Gasteiger partial charge in [0.15, 0.2) is 0 Å². The molecule has 0 fully saturated rings. The van der Waals surface area contributed by atoms with Crippen molar-refractivity contribution in [3.05, 3.63) is 90.1 Å². The van der Waals surface area contributed by atoms with Crippen molar-refractivity contribution in [3.63, 3.8) is 0 Å². The number of carboxylic acid groups (broad SMARTS) is 4. The Morgan fingerprint density at radius 2 is 0.577 bits per heavy atom. The third kappa shape index (κ3) is 8.89. The first-order valence-electron chi connectivity index (χ1n) is 18.4. The lowest BCUT2D eigenvalue weighted by atomic mass is 9.96. The van der Waals surface area contributed by atoms with E-state index in [4.69, 9.17) is 0 Å². The molecule has 0 radical (unpaired) electrons. The number of fused-ring (bicyclic) bond motifs is 8. The number of aromatic nitrogens is 4. The molecule has 0 saturated heterocycles. The SMILES string of the molecule is Cc1c2[nH]c(c1CCCC(=O)O)Cc1[nH]c(c(CCCC(=O)O)c1C)Cc1[nH]c(c(CCCC(=O)O)c1C)Cc1[nH]c(c(CCCC(=O)O)c1C)C2. The fourth-order valence-electron chi connectivity index (χ4n) is 8.08. The summed E-state index contributed by atoms with van der Waals surface area (Å²) in [5, 5.41) is 37.6. The number of carbonyl (C=O) groups is 4. The van der Waals surface area contributed by atoms with Gasteiger partial charge in [-0.15, -0.1) is 0 Å². The first-order chi connectivity index (χ1) is 24.7. The predicted molar refractivity (Wildman–Crippen MR) is 196 cm³/mol. The van der Waals surface area contributed by atoms with Gasteiger partial charge in [0.05, 0.1) is 0 Å². The predicted octanol–water partition coefficient (Wildman–Crippen LogP) is 6.54. The van der Waals surface area contributed by atoms with Crippen molar-refractivity contribution in [2.45, 2.75) is 130 Å². The maximum Gasteiger partial charge on any atom is 0.303 e. The summed E-state index contributed by atoms with van der Waals surface area (Å²) in [5.41, 5.74) is 17.0. The fourth-order valence-corrected chi connectivity index (χ4v) is 8.08. The Morgan fingerprint density at radius 1 is 0.385 bits per heavy atom. The summed E-state index contributed by atoms with van der Waals surface area (Å²) in [5.74, 6) is -3.32. The van der Waals surface area contributed by atoms with Crippen LogP contribution >= 0.6 is 0 Å². The third-order valence-corrected chi connectivity index (χ3v) is 11.0. The maximum absolute atomic E-state index is 11.5. The Morgan fingerprint density at radius 3 is 0.750 bits per heavy atom. The average Bonchev–Trinajstić information content (AvgIpc) is 3.72. The summed E-state index contributed by atoms with van der Waals surface area (Å²) in [6, 6.07) is 0. The van der Waals surface area contributed by atoms with Crippen LogP contribution in [0.3, 0.4) is 0 Å². The minimum Gasteiger partial charge on any atom is -0.481 e. The fraction of sp³-hybridized carbons (Fsp3) is 0.500. The highest BCUT2D eigenvalue weighted by atomic mass is 16.4. The molecular formula is C40H52N4O8. The van der Waals surface area contributed by atoms with Gasteiger partial charge < -0.3 is 40.4 Å². The van der Waals surface area contributed by atoms with E-state index in [1.165, 1.54) is 0 Å². The van der Waals surface area contributed by atoms with Crippen LogP contribution in [0.1, 0.15) is 141 Å². The van der Waals surface area contributed by atoms with Crippen molar-refractivity contribution in [2.75, 3.05) is 0 Å². The van der Waals surface area contributed by atoms with E-state index in [2.05, 4.69) is 47.6 Å². The molecule has 0 atom stereocenters. The molecule has 0 saturated carbocycles. The number of hydrogen-bond acceptors (Lipinski definition) is 4. The lowest BCUT2D eigenvalue weighted by molar-refractivity contribution is -0.138. The normalized spacial score (nSPS) is 12.7. The molecule has 5 rings (SSSR count). The summed E-state index contributed by atoms with van der Waals surface area (Å²) in [7, 11) is 0. The number of aliphatic carboxylic acids is 4. The molecule has 12 heteroatoms. The Kier molecular flexibility index (Phi) is 12.2. The quantitative estimate of drug-likeness (QED) is 0.0560. The van der Waals surface area contributed by atoms with Crippen molar-refractivity contribution in [3.8, 4) is 0 Å². The molecule has 0 unspecified atom stereocenters. The average molecular weight is 717 g/mol. The van der Waals surface area contributed by atoms with Gasteiger partial charge in [-0.2, -0.15) is 0 Å². The van der Waals surface area contributed by atoms with Gasteiger partial charge in [0.2, 0.25) is 0 Å². The van der Waals surface area contributed by atoms with Crippen LogP contribution in [0.25, 0.3) is 0 Å². The Bertz CT molecular complexity index is 1690. The zero-order valence-electron chi connectivity index (χ0n) is 30.7. The maximum atomic E-state index is 11.5. The molecule has 4 aromatic heterocycles. The van der Waals surface area contributed by atoms with Crippen molar-refractivity contribution in [2.24, 2.45) is 0 Å². The van der Waals surface area contributed by atoms with Gasteiger partial charge in [-0.3, -0.25) is 19.2 Å². The minimum atomic E-state index is -0.829. The van der Waals surface area contributed by atoms with E-state index in [0.29, 0.717) is 77.0 Å². The van der Waals surface area contributed by atoms with E-state index in [-0.39, 0.29) is 25.7 Å². The lowest BCUT2D eigenvalue weighted by Crippen LogP contribution is -2.00. The highest BCUT2D eigenvalue weighted by molar-refractivity contribution is 5.67. The van der Waals surface area contributed by atoms with Gasteiger partial charge in [-0.05, 0) is 124 Å². The molecule has 1 aliphatic rings. The number of hydrogen-bond donors (Lipinski definition) is 8. The van der Waals surface area contributed by atoms with Gasteiger partial charge in [0, 0.05) is 96.9 Å². The second-order valence-corrected chi connectivity index (χ2v) is 14.4. The molecule has 8 N–H and O–H groups in total. The summed E-state index contributed by atoms with van der Waals surface area (Å²) in [6.07, 6.45) is 7.00. The van der Waals surface area contributed by atoms with Gasteiger partial charge in [-0.1, -0.05) is 0 Å². The highest BCUT2D eigenvalue weighted by Gasteiger charge is 2.25. The van der Waals surface area contributed by atoms with Crippen LogP contribution in [0.2, 0.25) is 0 Å². The van der Waals surface area contributed by atoms with Crippen molar-refractivity contribution in [1.82, 2.24) is 19.9 Å². The van der Waals surface area contributed by atoms with Crippen molar-refractivity contribution < 1.29 is 39.6 Å². The Balaban J connectivity index is 1.66. The van der Waals surface area contributed by atoms with Crippen molar-refractivity contribution in [1.29, 1.82) is 0 Å². The second kappa shape index (κ2) is 16.6. The topological polar surface area (TPSA) is 212 Å². The molecule has 5 heterocycles. The highest BCUT2D eigenvalue weighted by Crippen LogP contribution is 2.33. The monoisotopic (exact) mass is 716 g/mol. The number of aromatic amines is 4. The first-order valence-corrected chi connectivity index (χ1v) is 18.4. The van der Waals surface area contributed by atoms with Crippen LogP contribution in [0.15, 0.2) is 0 Å². The second-order valence-electron chi connectivity index (χ2n) is 14.4. The molecule has 0 aromatic carbocycles. The summed E-state index contributed by atoms with van der Waals surface area (Å²) >= 11 is 0. The van der Waals surface area contributed by atoms with Gasteiger partial charge in [0.25, 0.3) is 0 Å². The Hall–Kier alpha value is -5.00. The summed E-state index contributed by atoms with van der Waals surface area (Å²) in [4.78, 5) is 60.7. The zero-order chi connectivity index (χ0) is 37.7. The van der Waals surface area contributed by atoms with E-state index in [9.17, 15) is 39.6 Å². The van der Waals surface area contributed by atoms with E-state index in [0.717, 1.165) is 90.1 Å². The van der Waals surface area contributed by atoms with E-state index in [1.807, 2.05) is 0 Å². The van der Waals surface area contributed by atoms with E-state index < -0.39 is 23.9 Å².